The fourth-order valence-electron chi connectivity index (χ4n) is 3.65. The highest BCUT2D eigenvalue weighted by atomic mass is 35.5. The zero-order valence-corrected chi connectivity index (χ0v) is 17.7. The van der Waals surface area contributed by atoms with Crippen molar-refractivity contribution in [3.05, 3.63) is 65.2 Å². The van der Waals surface area contributed by atoms with Gasteiger partial charge >= 0.3 is 12.1 Å². The van der Waals surface area contributed by atoms with E-state index in [4.69, 9.17) is 21.5 Å². The van der Waals surface area contributed by atoms with Crippen molar-refractivity contribution in [3.63, 3.8) is 0 Å². The van der Waals surface area contributed by atoms with Gasteiger partial charge in [-0.2, -0.15) is 17.5 Å². The Morgan fingerprint density at radius 3 is 2.16 bits per heavy atom. The van der Waals surface area contributed by atoms with Crippen LogP contribution in [0.3, 0.4) is 0 Å². The number of likely N-dealkylation sites (tertiary alicyclic amines) is 1. The van der Waals surface area contributed by atoms with Gasteiger partial charge in [0.2, 0.25) is 10.0 Å². The van der Waals surface area contributed by atoms with Crippen molar-refractivity contribution in [2.75, 3.05) is 19.6 Å². The van der Waals surface area contributed by atoms with Gasteiger partial charge in [0.1, 0.15) is 0 Å². The summed E-state index contributed by atoms with van der Waals surface area (Å²) in [4.78, 5) is 11.6. The third-order valence-corrected chi connectivity index (χ3v) is 7.33. The van der Waals surface area contributed by atoms with Crippen LogP contribution < -0.4 is 0 Å². The summed E-state index contributed by atoms with van der Waals surface area (Å²) in [7, 11) is -3.38. The van der Waals surface area contributed by atoms with Crippen LogP contribution in [-0.4, -0.2) is 60.6 Å². The summed E-state index contributed by atoms with van der Waals surface area (Å²) < 4.78 is 58.9. The van der Waals surface area contributed by atoms with Gasteiger partial charge in [-0.1, -0.05) is 41.9 Å². The molecule has 31 heavy (non-hydrogen) atoms. The van der Waals surface area contributed by atoms with Crippen molar-refractivity contribution in [3.8, 4) is 0 Å². The number of halogens is 4. The zero-order chi connectivity index (χ0) is 22.8. The molecule has 0 aliphatic carbocycles. The Balaban J connectivity index is 0.000000339. The highest BCUT2D eigenvalue weighted by Gasteiger charge is 2.48. The van der Waals surface area contributed by atoms with Crippen molar-refractivity contribution in [1.82, 2.24) is 9.21 Å². The molecule has 4 rings (SSSR count). The molecule has 2 aliphatic rings. The molecule has 2 heterocycles. The number of aliphatic carboxylic acids is 1. The summed E-state index contributed by atoms with van der Waals surface area (Å²) in [6.45, 7) is 3.00. The predicted octanol–water partition coefficient (Wildman–Crippen LogP) is 3.48. The van der Waals surface area contributed by atoms with E-state index in [1.54, 1.807) is 28.6 Å². The van der Waals surface area contributed by atoms with E-state index in [9.17, 15) is 21.6 Å². The molecule has 0 radical (unpaired) electrons. The first-order valence-electron chi connectivity index (χ1n) is 9.32. The van der Waals surface area contributed by atoms with Gasteiger partial charge in [-0.3, -0.25) is 4.90 Å². The minimum absolute atomic E-state index is 0.319. The van der Waals surface area contributed by atoms with Crippen molar-refractivity contribution < 1.29 is 31.5 Å². The van der Waals surface area contributed by atoms with E-state index in [-0.39, 0.29) is 0 Å². The van der Waals surface area contributed by atoms with Crippen LogP contribution in [0.1, 0.15) is 5.56 Å². The number of rotatable bonds is 4. The second kappa shape index (κ2) is 9.15. The summed E-state index contributed by atoms with van der Waals surface area (Å²) in [6.07, 6.45) is -5.08. The second-order valence-electron chi connectivity index (χ2n) is 7.32. The van der Waals surface area contributed by atoms with Crippen LogP contribution in [0.25, 0.3) is 0 Å². The molecule has 2 atom stereocenters. The van der Waals surface area contributed by atoms with Crippen LogP contribution in [0.5, 0.6) is 0 Å². The molecule has 2 unspecified atom stereocenters. The number of nitrogens with zero attached hydrogens (tertiary/aromatic N) is 2. The van der Waals surface area contributed by atoms with Gasteiger partial charge in [0.15, 0.2) is 0 Å². The molecule has 6 nitrogen and oxygen atoms in total. The van der Waals surface area contributed by atoms with E-state index in [0.29, 0.717) is 29.9 Å². The Labute approximate surface area is 182 Å². The highest BCUT2D eigenvalue weighted by molar-refractivity contribution is 7.89. The van der Waals surface area contributed by atoms with Crippen molar-refractivity contribution in [1.29, 1.82) is 0 Å². The monoisotopic (exact) mass is 476 g/mol. The summed E-state index contributed by atoms with van der Waals surface area (Å²) in [5, 5.41) is 7.86. The minimum atomic E-state index is -5.08. The van der Waals surface area contributed by atoms with E-state index in [1.165, 1.54) is 5.56 Å². The number of carboxylic acid groups (broad SMARTS) is 1. The van der Waals surface area contributed by atoms with Crippen LogP contribution in [0.15, 0.2) is 59.5 Å². The molecule has 2 aliphatic heterocycles. The number of hydrogen-bond donors (Lipinski definition) is 1. The Morgan fingerprint density at radius 1 is 1.03 bits per heavy atom. The van der Waals surface area contributed by atoms with Crippen molar-refractivity contribution in [2.24, 2.45) is 5.92 Å². The molecular weight excluding hydrogens is 457 g/mol. The van der Waals surface area contributed by atoms with Gasteiger partial charge in [-0.05, 0) is 29.8 Å². The topological polar surface area (TPSA) is 77.9 Å². The lowest BCUT2D eigenvalue weighted by Gasteiger charge is -2.43. The van der Waals surface area contributed by atoms with Gasteiger partial charge in [0.25, 0.3) is 0 Å². The molecule has 11 heteroatoms. The molecule has 1 N–H and O–H groups in total. The first-order valence-corrected chi connectivity index (χ1v) is 11.1. The molecule has 0 aromatic heterocycles. The molecule has 2 aromatic rings. The third kappa shape index (κ3) is 5.57. The lowest BCUT2D eigenvalue weighted by atomic mass is 9.91. The predicted molar refractivity (Wildman–Crippen MR) is 108 cm³/mol. The van der Waals surface area contributed by atoms with E-state index in [2.05, 4.69) is 4.90 Å². The molecule has 168 valence electrons. The SMILES string of the molecule is O=C(O)C(F)(F)F.O=S(=O)(c1ccccc1)N1CC2CN(Cc3ccc(Cl)cc3)C2C1. The Morgan fingerprint density at radius 2 is 1.61 bits per heavy atom. The molecule has 0 saturated carbocycles. The van der Waals surface area contributed by atoms with Crippen LogP contribution in [-0.2, 0) is 21.4 Å². The maximum Gasteiger partial charge on any atom is 0.490 e. The van der Waals surface area contributed by atoms with Crippen LogP contribution in [0, 0.1) is 5.92 Å². The standard InChI is InChI=1S/C18H19ClN2O2S.C2HF3O2/c19-16-8-6-14(7-9-16)10-20-11-15-12-21(13-18(15)20)24(22,23)17-4-2-1-3-5-17;3-2(4,5)1(6)7/h1-9,15,18H,10-13H2;(H,6,7). The van der Waals surface area contributed by atoms with E-state index in [0.717, 1.165) is 18.1 Å². The summed E-state index contributed by atoms with van der Waals surface area (Å²) >= 11 is 5.93. The van der Waals surface area contributed by atoms with Gasteiger partial charge in [0, 0.05) is 43.2 Å². The molecule has 0 bridgehead atoms. The quantitative estimate of drug-likeness (QED) is 0.731. The van der Waals surface area contributed by atoms with Crippen LogP contribution in [0.2, 0.25) is 5.02 Å². The molecule has 0 spiro atoms. The van der Waals surface area contributed by atoms with Crippen LogP contribution in [0.4, 0.5) is 13.2 Å². The largest absolute Gasteiger partial charge is 0.490 e. The van der Waals surface area contributed by atoms with Gasteiger partial charge in [-0.25, -0.2) is 13.2 Å². The average Bonchev–Trinajstić information content (AvgIpc) is 3.05. The average molecular weight is 477 g/mol. The highest BCUT2D eigenvalue weighted by Crippen LogP contribution is 2.36. The summed E-state index contributed by atoms with van der Waals surface area (Å²) in [5.41, 5.74) is 1.21. The number of hydrogen-bond acceptors (Lipinski definition) is 4. The normalized spacial score (nSPS) is 21.5. The zero-order valence-electron chi connectivity index (χ0n) is 16.2. The molecule has 2 fully saturated rings. The van der Waals surface area contributed by atoms with Crippen LogP contribution >= 0.6 is 11.6 Å². The number of alkyl halides is 3. The summed E-state index contributed by atoms with van der Waals surface area (Å²) in [6, 6.07) is 16.9. The van der Waals surface area contributed by atoms with Gasteiger partial charge in [0.05, 0.1) is 4.90 Å². The number of carbonyl (C=O) groups is 1. The Kier molecular flexibility index (Phi) is 6.95. The number of sulfonamides is 1. The maximum atomic E-state index is 12.7. The number of fused-ring (bicyclic) bond motifs is 1. The number of benzene rings is 2. The maximum absolute atomic E-state index is 12.7. The first kappa shape index (κ1) is 23.5. The summed E-state index contributed by atoms with van der Waals surface area (Å²) in [5.74, 6) is -2.32. The third-order valence-electron chi connectivity index (χ3n) is 5.23. The Hall–Kier alpha value is -2.14. The van der Waals surface area contributed by atoms with E-state index in [1.807, 2.05) is 30.3 Å². The fourth-order valence-corrected chi connectivity index (χ4v) is 5.31. The lowest BCUT2D eigenvalue weighted by Crippen LogP contribution is -2.54. The lowest BCUT2D eigenvalue weighted by molar-refractivity contribution is -0.192. The van der Waals surface area contributed by atoms with Crippen molar-refractivity contribution >= 4 is 27.6 Å². The first-order chi connectivity index (χ1) is 14.5. The fraction of sp³-hybridized carbons (Fsp3) is 0.350. The van der Waals surface area contributed by atoms with Gasteiger partial charge < -0.3 is 5.11 Å². The Bertz CT molecular complexity index is 1020. The number of carboxylic acids is 1. The molecule has 2 aromatic carbocycles. The molecule has 0 amide bonds. The van der Waals surface area contributed by atoms with Crippen molar-refractivity contribution in [2.45, 2.75) is 23.7 Å². The van der Waals surface area contributed by atoms with E-state index < -0.39 is 22.2 Å². The molecular formula is C20H20ClF3N2O4S. The minimum Gasteiger partial charge on any atom is -0.475 e. The van der Waals surface area contributed by atoms with E-state index >= 15 is 0 Å². The van der Waals surface area contributed by atoms with Gasteiger partial charge in [-0.15, -0.1) is 0 Å². The second-order valence-corrected chi connectivity index (χ2v) is 9.70. The smallest absolute Gasteiger partial charge is 0.475 e. The molecule has 2 saturated heterocycles.